The van der Waals surface area contributed by atoms with E-state index in [1.807, 2.05) is 32.9 Å². The van der Waals surface area contributed by atoms with Gasteiger partial charge in [-0.2, -0.15) is 0 Å². The summed E-state index contributed by atoms with van der Waals surface area (Å²) in [5.74, 6) is -0.0741. The minimum atomic E-state index is -0.0741. The Morgan fingerprint density at radius 1 is 1.13 bits per heavy atom. The van der Waals surface area contributed by atoms with Gasteiger partial charge in [0.1, 0.15) is 5.82 Å². The molecule has 0 unspecified atom stereocenters. The Hall–Kier alpha value is -0.850. The molecular weight excluding hydrogens is 187 g/mol. The Kier molecular flexibility index (Phi) is 5.56. The summed E-state index contributed by atoms with van der Waals surface area (Å²) in [6, 6.07) is 5.55. The maximum Gasteiger partial charge on any atom is 0.126 e. The van der Waals surface area contributed by atoms with E-state index in [0.717, 1.165) is 17.5 Å². The third kappa shape index (κ3) is 4.03. The second-order valence-electron chi connectivity index (χ2n) is 4.41. The summed E-state index contributed by atoms with van der Waals surface area (Å²) < 4.78 is 13.4. The molecule has 0 aliphatic rings. The van der Waals surface area contributed by atoms with Crippen molar-refractivity contribution in [2.75, 3.05) is 0 Å². The first-order valence-corrected chi connectivity index (χ1v) is 5.74. The van der Waals surface area contributed by atoms with E-state index in [1.165, 1.54) is 0 Å². The fourth-order valence-corrected chi connectivity index (χ4v) is 1.30. The van der Waals surface area contributed by atoms with E-state index in [2.05, 4.69) is 20.8 Å². The second kappa shape index (κ2) is 5.89. The minimum Gasteiger partial charge on any atom is -0.207 e. The van der Waals surface area contributed by atoms with Crippen molar-refractivity contribution in [1.29, 1.82) is 0 Å². The summed E-state index contributed by atoms with van der Waals surface area (Å²) in [7, 11) is 0. The van der Waals surface area contributed by atoms with Gasteiger partial charge in [0.05, 0.1) is 0 Å². The van der Waals surface area contributed by atoms with Gasteiger partial charge in [0.25, 0.3) is 0 Å². The Balaban J connectivity index is 0.000000921. The SMILES string of the molecule is CC.CCc1ccc(C(C)(C)C)cc1F. The number of rotatable bonds is 1. The van der Waals surface area contributed by atoms with Gasteiger partial charge in [-0.05, 0) is 29.0 Å². The summed E-state index contributed by atoms with van der Waals surface area (Å²) in [5.41, 5.74) is 1.89. The van der Waals surface area contributed by atoms with Crippen LogP contribution < -0.4 is 0 Å². The Labute approximate surface area is 93.5 Å². The zero-order valence-electron chi connectivity index (χ0n) is 10.8. The Bertz CT molecular complexity index is 295. The first-order chi connectivity index (χ1) is 6.95. The number of halogens is 1. The molecule has 0 amide bonds. The largest absolute Gasteiger partial charge is 0.207 e. The molecule has 0 heterocycles. The number of hydrogen-bond acceptors (Lipinski definition) is 0. The summed E-state index contributed by atoms with van der Waals surface area (Å²) in [6.07, 6.45) is 0.760. The van der Waals surface area contributed by atoms with Crippen molar-refractivity contribution >= 4 is 0 Å². The van der Waals surface area contributed by atoms with E-state index in [0.29, 0.717) is 0 Å². The molecule has 0 fully saturated rings. The van der Waals surface area contributed by atoms with Gasteiger partial charge in [0, 0.05) is 0 Å². The van der Waals surface area contributed by atoms with E-state index in [4.69, 9.17) is 0 Å². The molecule has 1 rings (SSSR count). The summed E-state index contributed by atoms with van der Waals surface area (Å²) in [6.45, 7) is 12.2. The molecule has 0 saturated carbocycles. The third-order valence-electron chi connectivity index (χ3n) is 2.30. The van der Waals surface area contributed by atoms with Gasteiger partial charge in [-0.1, -0.05) is 53.7 Å². The molecule has 0 aliphatic heterocycles. The van der Waals surface area contributed by atoms with Crippen molar-refractivity contribution in [3.63, 3.8) is 0 Å². The molecule has 0 aromatic heterocycles. The molecular formula is C14H23F. The molecule has 0 saturated heterocycles. The van der Waals surface area contributed by atoms with Gasteiger partial charge in [-0.15, -0.1) is 0 Å². The highest BCUT2D eigenvalue weighted by atomic mass is 19.1. The molecule has 0 aliphatic carbocycles. The van der Waals surface area contributed by atoms with Gasteiger partial charge in [-0.25, -0.2) is 4.39 Å². The molecule has 15 heavy (non-hydrogen) atoms. The maximum atomic E-state index is 13.4. The highest BCUT2D eigenvalue weighted by Gasteiger charge is 2.14. The maximum absolute atomic E-state index is 13.4. The van der Waals surface area contributed by atoms with Crippen molar-refractivity contribution in [2.24, 2.45) is 0 Å². The molecule has 0 N–H and O–H groups in total. The standard InChI is InChI=1S/C12H17F.C2H6/c1-5-9-6-7-10(8-11(9)13)12(2,3)4;1-2/h6-8H,5H2,1-4H3;1-2H3. The monoisotopic (exact) mass is 210 g/mol. The first-order valence-electron chi connectivity index (χ1n) is 5.74. The van der Waals surface area contributed by atoms with Gasteiger partial charge < -0.3 is 0 Å². The lowest BCUT2D eigenvalue weighted by Crippen LogP contribution is -2.11. The predicted octanol–water partition coefficient (Wildman–Crippen LogP) is 4.71. The van der Waals surface area contributed by atoms with Crippen molar-refractivity contribution in [3.8, 4) is 0 Å². The molecule has 0 radical (unpaired) electrons. The fraction of sp³-hybridized carbons (Fsp3) is 0.571. The Morgan fingerprint density at radius 3 is 2.00 bits per heavy atom. The van der Waals surface area contributed by atoms with Crippen molar-refractivity contribution < 1.29 is 4.39 Å². The average Bonchev–Trinajstić information content (AvgIpc) is 2.19. The van der Waals surface area contributed by atoms with Gasteiger partial charge in [0.15, 0.2) is 0 Å². The highest BCUT2D eigenvalue weighted by molar-refractivity contribution is 5.28. The molecule has 86 valence electrons. The van der Waals surface area contributed by atoms with Gasteiger partial charge >= 0.3 is 0 Å². The number of aryl methyl sites for hydroxylation is 1. The van der Waals surface area contributed by atoms with Gasteiger partial charge in [0.2, 0.25) is 0 Å². The normalized spacial score (nSPS) is 10.6. The molecule has 1 heteroatoms. The topological polar surface area (TPSA) is 0 Å². The quantitative estimate of drug-likeness (QED) is 0.629. The van der Waals surface area contributed by atoms with Crippen LogP contribution >= 0.6 is 0 Å². The van der Waals surface area contributed by atoms with Crippen molar-refractivity contribution in [3.05, 3.63) is 35.1 Å². The van der Waals surface area contributed by atoms with Crippen LogP contribution in [0.25, 0.3) is 0 Å². The van der Waals surface area contributed by atoms with Crippen LogP contribution in [0.1, 0.15) is 52.7 Å². The first kappa shape index (κ1) is 14.2. The van der Waals surface area contributed by atoms with E-state index in [-0.39, 0.29) is 11.2 Å². The smallest absolute Gasteiger partial charge is 0.126 e. The lowest BCUT2D eigenvalue weighted by molar-refractivity contribution is 0.567. The van der Waals surface area contributed by atoms with E-state index >= 15 is 0 Å². The Morgan fingerprint density at radius 2 is 1.67 bits per heavy atom. The van der Waals surface area contributed by atoms with Crippen LogP contribution in [0.4, 0.5) is 4.39 Å². The summed E-state index contributed by atoms with van der Waals surface area (Å²) >= 11 is 0. The zero-order chi connectivity index (χ0) is 12.1. The molecule has 0 atom stereocenters. The average molecular weight is 210 g/mol. The fourth-order valence-electron chi connectivity index (χ4n) is 1.30. The summed E-state index contributed by atoms with van der Waals surface area (Å²) in [5, 5.41) is 0. The van der Waals surface area contributed by atoms with Crippen molar-refractivity contribution in [2.45, 2.75) is 53.4 Å². The number of hydrogen-bond donors (Lipinski definition) is 0. The second-order valence-corrected chi connectivity index (χ2v) is 4.41. The van der Waals surface area contributed by atoms with Crippen LogP contribution in [0.3, 0.4) is 0 Å². The molecule has 1 aromatic rings. The molecule has 1 aromatic carbocycles. The number of benzene rings is 1. The van der Waals surface area contributed by atoms with Crippen molar-refractivity contribution in [1.82, 2.24) is 0 Å². The zero-order valence-corrected chi connectivity index (χ0v) is 10.8. The van der Waals surface area contributed by atoms with Crippen LogP contribution in [-0.4, -0.2) is 0 Å². The molecule has 0 spiro atoms. The molecule has 0 bridgehead atoms. The van der Waals surface area contributed by atoms with Crippen LogP contribution in [0, 0.1) is 5.82 Å². The lowest BCUT2D eigenvalue weighted by atomic mass is 9.86. The lowest BCUT2D eigenvalue weighted by Gasteiger charge is -2.19. The van der Waals surface area contributed by atoms with E-state index < -0.39 is 0 Å². The minimum absolute atomic E-state index is 0.0348. The molecule has 0 nitrogen and oxygen atoms in total. The van der Waals surface area contributed by atoms with Crippen LogP contribution in [0.5, 0.6) is 0 Å². The van der Waals surface area contributed by atoms with Gasteiger partial charge in [-0.3, -0.25) is 0 Å². The van der Waals surface area contributed by atoms with E-state index in [1.54, 1.807) is 6.07 Å². The highest BCUT2D eigenvalue weighted by Crippen LogP contribution is 2.23. The van der Waals surface area contributed by atoms with Crippen LogP contribution in [0.15, 0.2) is 18.2 Å². The van der Waals surface area contributed by atoms with Crippen LogP contribution in [0.2, 0.25) is 0 Å². The third-order valence-corrected chi connectivity index (χ3v) is 2.30. The predicted molar refractivity (Wildman–Crippen MR) is 65.8 cm³/mol. The van der Waals surface area contributed by atoms with E-state index in [9.17, 15) is 4.39 Å². The summed E-state index contributed by atoms with van der Waals surface area (Å²) in [4.78, 5) is 0. The van der Waals surface area contributed by atoms with Crippen LogP contribution in [-0.2, 0) is 11.8 Å².